The molecule has 196 valence electrons. The molecule has 1 atom stereocenters. The van der Waals surface area contributed by atoms with E-state index < -0.39 is 28.5 Å². The molecule has 0 radical (unpaired) electrons. The Morgan fingerprint density at radius 2 is 1.68 bits per heavy atom. The molecule has 0 fully saturated rings. The number of nitrogens with zero attached hydrogens (tertiary/aromatic N) is 2. The van der Waals surface area contributed by atoms with E-state index in [2.05, 4.69) is 21.2 Å². The molecule has 0 spiro atoms. The van der Waals surface area contributed by atoms with Crippen LogP contribution in [0.5, 0.6) is 5.75 Å². The first-order valence-electron chi connectivity index (χ1n) is 11.6. The maximum absolute atomic E-state index is 13.7. The van der Waals surface area contributed by atoms with E-state index in [-0.39, 0.29) is 17.3 Å². The number of hydrogen-bond donors (Lipinski definition) is 1. The molecule has 37 heavy (non-hydrogen) atoms. The van der Waals surface area contributed by atoms with Crippen LogP contribution >= 0.6 is 15.9 Å². The molecule has 2 amide bonds. The van der Waals surface area contributed by atoms with Gasteiger partial charge < -0.3 is 15.0 Å². The van der Waals surface area contributed by atoms with E-state index in [0.29, 0.717) is 11.4 Å². The number of carbonyl (C=O) groups is 2. The molecule has 0 aliphatic rings. The second kappa shape index (κ2) is 12.2. The van der Waals surface area contributed by atoms with E-state index in [0.717, 1.165) is 19.9 Å². The smallest absolute Gasteiger partial charge is 0.264 e. The molecular formula is C27H30BrN3O5S. The number of sulfonamides is 1. The van der Waals surface area contributed by atoms with Crippen LogP contribution in [0.3, 0.4) is 0 Å². The Labute approximate surface area is 226 Å². The van der Waals surface area contributed by atoms with Crippen LogP contribution in [0.1, 0.15) is 18.1 Å². The molecule has 3 aromatic rings. The minimum absolute atomic E-state index is 0.0625. The lowest BCUT2D eigenvalue weighted by Crippen LogP contribution is -2.50. The van der Waals surface area contributed by atoms with Crippen LogP contribution in [0.25, 0.3) is 0 Å². The normalized spacial score (nSPS) is 11.9. The molecule has 0 aliphatic heterocycles. The van der Waals surface area contributed by atoms with Gasteiger partial charge in [0.25, 0.3) is 10.0 Å². The summed E-state index contributed by atoms with van der Waals surface area (Å²) in [5.74, 6) is -0.290. The standard InChI is InChI=1S/C27H30BrN3O5S/c1-19-8-14-25(15-9-19)37(34,35)31(23-12-10-22(28)11-13-23)18-26(32)30(20(2)27(33)29-3)17-21-6-5-7-24(16-21)36-4/h5-16,20H,17-18H2,1-4H3,(H,29,33)/t20-/m1/s1. The third-order valence-corrected chi connectivity index (χ3v) is 8.22. The topological polar surface area (TPSA) is 96.0 Å². The highest BCUT2D eigenvalue weighted by molar-refractivity contribution is 9.10. The van der Waals surface area contributed by atoms with Crippen molar-refractivity contribution >= 4 is 43.5 Å². The monoisotopic (exact) mass is 587 g/mol. The highest BCUT2D eigenvalue weighted by Crippen LogP contribution is 2.26. The number of benzene rings is 3. The average Bonchev–Trinajstić information content (AvgIpc) is 2.90. The minimum Gasteiger partial charge on any atom is -0.497 e. The lowest BCUT2D eigenvalue weighted by Gasteiger charge is -2.31. The summed E-state index contributed by atoms with van der Waals surface area (Å²) in [4.78, 5) is 27.7. The van der Waals surface area contributed by atoms with Gasteiger partial charge in [0, 0.05) is 18.1 Å². The van der Waals surface area contributed by atoms with Crippen LogP contribution in [0.2, 0.25) is 0 Å². The first-order valence-corrected chi connectivity index (χ1v) is 13.8. The quantitative estimate of drug-likeness (QED) is 0.385. The first-order chi connectivity index (χ1) is 17.6. The number of amides is 2. The minimum atomic E-state index is -4.10. The maximum atomic E-state index is 13.7. The molecule has 0 heterocycles. The van der Waals surface area contributed by atoms with Crippen LogP contribution in [0, 0.1) is 6.92 Å². The second-order valence-electron chi connectivity index (χ2n) is 8.46. The van der Waals surface area contributed by atoms with Gasteiger partial charge in [-0.15, -0.1) is 0 Å². The molecule has 0 aliphatic carbocycles. The summed E-state index contributed by atoms with van der Waals surface area (Å²) in [5, 5.41) is 2.57. The second-order valence-corrected chi connectivity index (χ2v) is 11.2. The maximum Gasteiger partial charge on any atom is 0.264 e. The third kappa shape index (κ3) is 6.90. The Morgan fingerprint density at radius 3 is 2.27 bits per heavy atom. The van der Waals surface area contributed by atoms with Crippen molar-refractivity contribution in [3.63, 3.8) is 0 Å². The van der Waals surface area contributed by atoms with E-state index >= 15 is 0 Å². The van der Waals surface area contributed by atoms with Crippen molar-refractivity contribution in [2.24, 2.45) is 0 Å². The summed E-state index contributed by atoms with van der Waals surface area (Å²) in [7, 11) is -1.07. The molecule has 3 aromatic carbocycles. The highest BCUT2D eigenvalue weighted by Gasteiger charge is 2.32. The van der Waals surface area contributed by atoms with E-state index in [9.17, 15) is 18.0 Å². The van der Waals surface area contributed by atoms with Crippen molar-refractivity contribution in [1.29, 1.82) is 0 Å². The van der Waals surface area contributed by atoms with Crippen LogP contribution in [-0.2, 0) is 26.2 Å². The Balaban J connectivity index is 2.02. The number of methoxy groups -OCH3 is 1. The van der Waals surface area contributed by atoms with Crippen molar-refractivity contribution in [3.8, 4) is 5.75 Å². The van der Waals surface area contributed by atoms with E-state index in [4.69, 9.17) is 4.74 Å². The lowest BCUT2D eigenvalue weighted by molar-refractivity contribution is -0.139. The van der Waals surface area contributed by atoms with Gasteiger partial charge in [0.05, 0.1) is 17.7 Å². The van der Waals surface area contributed by atoms with Gasteiger partial charge in [0.2, 0.25) is 11.8 Å². The zero-order valence-electron chi connectivity index (χ0n) is 21.1. The molecule has 3 rings (SSSR count). The summed E-state index contributed by atoms with van der Waals surface area (Å²) < 4.78 is 34.6. The fraction of sp³-hybridized carbons (Fsp3) is 0.259. The summed E-state index contributed by atoms with van der Waals surface area (Å²) in [5.41, 5.74) is 1.97. The highest BCUT2D eigenvalue weighted by atomic mass is 79.9. The van der Waals surface area contributed by atoms with Crippen molar-refractivity contribution < 1.29 is 22.7 Å². The zero-order valence-corrected chi connectivity index (χ0v) is 23.5. The van der Waals surface area contributed by atoms with Crippen molar-refractivity contribution in [1.82, 2.24) is 10.2 Å². The van der Waals surface area contributed by atoms with E-state index in [1.165, 1.54) is 24.1 Å². The van der Waals surface area contributed by atoms with Gasteiger partial charge in [-0.3, -0.25) is 13.9 Å². The molecule has 0 aromatic heterocycles. The molecule has 0 saturated heterocycles. The molecule has 0 bridgehead atoms. The van der Waals surface area contributed by atoms with Crippen LogP contribution in [0.4, 0.5) is 5.69 Å². The Kier molecular flexibility index (Phi) is 9.34. The lowest BCUT2D eigenvalue weighted by atomic mass is 10.1. The Bertz CT molecular complexity index is 1350. The molecular weight excluding hydrogens is 558 g/mol. The number of halogens is 1. The predicted octanol–water partition coefficient (Wildman–Crippen LogP) is 4.12. The van der Waals surface area contributed by atoms with E-state index in [1.54, 1.807) is 68.6 Å². The number of carbonyl (C=O) groups excluding carboxylic acids is 2. The number of hydrogen-bond acceptors (Lipinski definition) is 5. The van der Waals surface area contributed by atoms with Gasteiger partial charge in [0.15, 0.2) is 0 Å². The Hall–Kier alpha value is -3.37. The molecule has 10 heteroatoms. The first kappa shape index (κ1) is 28.2. The summed E-state index contributed by atoms with van der Waals surface area (Å²) in [6, 6.07) is 19.4. The molecule has 0 saturated carbocycles. The average molecular weight is 589 g/mol. The predicted molar refractivity (Wildman–Crippen MR) is 147 cm³/mol. The van der Waals surface area contributed by atoms with Crippen molar-refractivity contribution in [2.75, 3.05) is 25.0 Å². The van der Waals surface area contributed by atoms with Gasteiger partial charge in [-0.2, -0.15) is 0 Å². The number of anilines is 1. The number of aryl methyl sites for hydroxylation is 1. The van der Waals surface area contributed by atoms with E-state index in [1.807, 2.05) is 13.0 Å². The fourth-order valence-electron chi connectivity index (χ4n) is 3.73. The number of nitrogens with one attached hydrogen (secondary N) is 1. The Morgan fingerprint density at radius 1 is 1.03 bits per heavy atom. The van der Waals surface area contributed by atoms with Crippen LogP contribution in [0.15, 0.2) is 82.2 Å². The van der Waals surface area contributed by atoms with Crippen molar-refractivity contribution in [2.45, 2.75) is 31.3 Å². The summed E-state index contributed by atoms with van der Waals surface area (Å²) in [6.45, 7) is 3.06. The third-order valence-electron chi connectivity index (χ3n) is 5.90. The van der Waals surface area contributed by atoms with Gasteiger partial charge in [-0.1, -0.05) is 45.8 Å². The number of rotatable bonds is 10. The van der Waals surface area contributed by atoms with Gasteiger partial charge in [0.1, 0.15) is 18.3 Å². The number of likely N-dealkylation sites (N-methyl/N-ethyl adjacent to an activating group) is 1. The van der Waals surface area contributed by atoms with Gasteiger partial charge in [-0.25, -0.2) is 8.42 Å². The zero-order chi connectivity index (χ0) is 27.2. The van der Waals surface area contributed by atoms with Crippen LogP contribution < -0.4 is 14.4 Å². The SMILES string of the molecule is CNC(=O)[C@@H](C)N(Cc1cccc(OC)c1)C(=O)CN(c1ccc(Br)cc1)S(=O)(=O)c1ccc(C)cc1. The fourth-order valence-corrected chi connectivity index (χ4v) is 5.41. The number of ether oxygens (including phenoxy) is 1. The molecule has 1 N–H and O–H groups in total. The van der Waals surface area contributed by atoms with Crippen molar-refractivity contribution in [3.05, 3.63) is 88.4 Å². The molecule has 0 unspecified atom stereocenters. The molecule has 8 nitrogen and oxygen atoms in total. The summed E-state index contributed by atoms with van der Waals surface area (Å²) in [6.07, 6.45) is 0. The van der Waals surface area contributed by atoms with Gasteiger partial charge >= 0.3 is 0 Å². The van der Waals surface area contributed by atoms with Crippen LogP contribution in [-0.4, -0.2) is 51.9 Å². The summed E-state index contributed by atoms with van der Waals surface area (Å²) >= 11 is 3.37. The van der Waals surface area contributed by atoms with Gasteiger partial charge in [-0.05, 0) is 67.9 Å². The largest absolute Gasteiger partial charge is 0.497 e.